The van der Waals surface area contributed by atoms with E-state index in [4.69, 9.17) is 0 Å². The number of rotatable bonds is 9. The fourth-order valence-corrected chi connectivity index (χ4v) is 5.30. The normalized spacial score (nSPS) is 12.2. The molecule has 0 N–H and O–H groups in total. The van der Waals surface area contributed by atoms with Gasteiger partial charge in [0.25, 0.3) is 0 Å². The molecule has 0 aromatic heterocycles. The molecule has 5 nitrogen and oxygen atoms in total. The second kappa shape index (κ2) is 8.68. The topological polar surface area (TPSA) is 49.9 Å². The number of carbonyl (C=O) groups excluding carboxylic acids is 1. The zero-order valence-corrected chi connectivity index (χ0v) is 13.2. The van der Waals surface area contributed by atoms with E-state index in [-0.39, 0.29) is 12.4 Å². The fourth-order valence-electron chi connectivity index (χ4n) is 2.13. The lowest BCUT2D eigenvalue weighted by atomic mass is 10.5. The highest BCUT2D eigenvalue weighted by molar-refractivity contribution is 7.59. The minimum Gasteiger partial charge on any atom is -0.469 e. The van der Waals surface area contributed by atoms with E-state index in [1.807, 2.05) is 37.0 Å². The Morgan fingerprint density at radius 1 is 1.00 bits per heavy atom. The molecule has 0 radical (unpaired) electrons. The van der Waals surface area contributed by atoms with Crippen LogP contribution >= 0.6 is 7.44 Å². The number of ether oxygens (including phenoxy) is 1. The van der Waals surface area contributed by atoms with Gasteiger partial charge in [0, 0.05) is 32.3 Å². The highest BCUT2D eigenvalue weighted by atomic mass is 31.2. The summed E-state index contributed by atoms with van der Waals surface area (Å²) in [5.74, 6) is -0.297. The average molecular weight is 278 g/mol. The van der Waals surface area contributed by atoms with Gasteiger partial charge in [-0.05, 0) is 0 Å². The molecule has 0 saturated heterocycles. The molecular formula is C12H27N2O3P. The first-order valence-corrected chi connectivity index (χ1v) is 8.46. The number of methoxy groups -OCH3 is 1. The summed E-state index contributed by atoms with van der Waals surface area (Å²) >= 11 is 0. The highest BCUT2D eigenvalue weighted by Crippen LogP contribution is 2.53. The molecule has 0 aromatic rings. The molecule has 108 valence electrons. The maximum absolute atomic E-state index is 13.2. The fraction of sp³-hybridized carbons (Fsp3) is 0.917. The lowest BCUT2D eigenvalue weighted by molar-refractivity contribution is -0.140. The van der Waals surface area contributed by atoms with Gasteiger partial charge in [-0.15, -0.1) is 0 Å². The van der Waals surface area contributed by atoms with Crippen molar-refractivity contribution in [3.8, 4) is 0 Å². The summed E-state index contributed by atoms with van der Waals surface area (Å²) in [5, 5.41) is 0. The molecule has 0 aliphatic rings. The van der Waals surface area contributed by atoms with E-state index in [0.717, 1.165) is 26.2 Å². The molecule has 6 heteroatoms. The number of esters is 1. The van der Waals surface area contributed by atoms with E-state index in [0.29, 0.717) is 6.16 Å². The molecule has 0 aromatic carbocycles. The Morgan fingerprint density at radius 3 is 1.67 bits per heavy atom. The number of hydrogen-bond donors (Lipinski definition) is 0. The molecule has 0 rings (SSSR count). The third-order valence-corrected chi connectivity index (χ3v) is 6.88. The van der Waals surface area contributed by atoms with Gasteiger partial charge in [0.05, 0.1) is 13.5 Å². The van der Waals surface area contributed by atoms with Crippen LogP contribution in [0.4, 0.5) is 0 Å². The Labute approximate surface area is 111 Å². The standard InChI is InChI=1S/C12H27N2O3P/c1-6-13(7-2)18(16,14(8-3)9-4)11-10-12(15)17-5/h6-11H2,1-5H3. The summed E-state index contributed by atoms with van der Waals surface area (Å²) in [5.41, 5.74) is 0. The molecular weight excluding hydrogens is 251 g/mol. The van der Waals surface area contributed by atoms with Crippen molar-refractivity contribution in [3.63, 3.8) is 0 Å². The zero-order valence-electron chi connectivity index (χ0n) is 12.3. The molecule has 0 amide bonds. The van der Waals surface area contributed by atoms with Crippen molar-refractivity contribution in [2.75, 3.05) is 39.5 Å². The van der Waals surface area contributed by atoms with Gasteiger partial charge in [0.2, 0.25) is 7.44 Å². The molecule has 0 aliphatic carbocycles. The first-order chi connectivity index (χ1) is 8.49. The summed E-state index contributed by atoms with van der Waals surface area (Å²) < 4.78 is 21.8. The first kappa shape index (κ1) is 17.6. The Balaban J connectivity index is 5.01. The number of carbonyl (C=O) groups is 1. The van der Waals surface area contributed by atoms with Crippen LogP contribution in [0.15, 0.2) is 0 Å². The van der Waals surface area contributed by atoms with E-state index in [1.165, 1.54) is 7.11 Å². The smallest absolute Gasteiger partial charge is 0.306 e. The van der Waals surface area contributed by atoms with Crippen LogP contribution in [0.3, 0.4) is 0 Å². The van der Waals surface area contributed by atoms with Crippen molar-refractivity contribution in [2.45, 2.75) is 34.1 Å². The number of nitrogens with zero attached hydrogens (tertiary/aromatic N) is 2. The van der Waals surface area contributed by atoms with Crippen LogP contribution in [0.5, 0.6) is 0 Å². The Bertz CT molecular complexity index is 273. The molecule has 0 bridgehead atoms. The third-order valence-electron chi connectivity index (χ3n) is 3.18. The van der Waals surface area contributed by atoms with Gasteiger partial charge in [-0.1, -0.05) is 27.7 Å². The van der Waals surface area contributed by atoms with Crippen LogP contribution in [-0.4, -0.2) is 54.8 Å². The first-order valence-electron chi connectivity index (χ1n) is 6.66. The summed E-state index contributed by atoms with van der Waals surface area (Å²) in [6.45, 7) is 10.9. The van der Waals surface area contributed by atoms with E-state index >= 15 is 0 Å². The molecule has 0 heterocycles. The molecule has 0 unspecified atom stereocenters. The Hall–Kier alpha value is -0.380. The molecule has 0 spiro atoms. The van der Waals surface area contributed by atoms with Crippen molar-refractivity contribution in [1.82, 2.24) is 9.34 Å². The average Bonchev–Trinajstić information content (AvgIpc) is 2.38. The van der Waals surface area contributed by atoms with Crippen molar-refractivity contribution in [2.24, 2.45) is 0 Å². The molecule has 0 fully saturated rings. The van der Waals surface area contributed by atoms with Crippen molar-refractivity contribution in [3.05, 3.63) is 0 Å². The molecule has 0 atom stereocenters. The van der Waals surface area contributed by atoms with Crippen LogP contribution in [0, 0.1) is 0 Å². The van der Waals surface area contributed by atoms with Gasteiger partial charge in [0.15, 0.2) is 0 Å². The van der Waals surface area contributed by atoms with Crippen molar-refractivity contribution >= 4 is 13.4 Å². The van der Waals surface area contributed by atoms with E-state index in [2.05, 4.69) is 4.74 Å². The predicted octanol–water partition coefficient (Wildman–Crippen LogP) is 2.43. The minimum atomic E-state index is -2.64. The van der Waals surface area contributed by atoms with E-state index in [1.54, 1.807) is 0 Å². The second-order valence-corrected chi connectivity index (χ2v) is 6.90. The lowest BCUT2D eigenvalue weighted by Crippen LogP contribution is -2.33. The van der Waals surface area contributed by atoms with Crippen LogP contribution < -0.4 is 0 Å². The molecule has 0 aliphatic heterocycles. The number of hydrogen-bond acceptors (Lipinski definition) is 3. The van der Waals surface area contributed by atoms with E-state index in [9.17, 15) is 9.36 Å². The SMILES string of the molecule is CCN(CC)P(=O)(CCC(=O)OC)N(CC)CC. The van der Waals surface area contributed by atoms with Gasteiger partial charge in [-0.3, -0.25) is 9.36 Å². The second-order valence-electron chi connectivity index (χ2n) is 3.99. The quantitative estimate of drug-likeness (QED) is 0.479. The monoisotopic (exact) mass is 278 g/mol. The van der Waals surface area contributed by atoms with Crippen LogP contribution in [0.25, 0.3) is 0 Å². The van der Waals surface area contributed by atoms with E-state index < -0.39 is 7.44 Å². The highest BCUT2D eigenvalue weighted by Gasteiger charge is 2.34. The molecule has 18 heavy (non-hydrogen) atoms. The van der Waals surface area contributed by atoms with Gasteiger partial charge in [-0.2, -0.15) is 0 Å². The van der Waals surface area contributed by atoms with Crippen molar-refractivity contribution in [1.29, 1.82) is 0 Å². The lowest BCUT2D eigenvalue weighted by Gasteiger charge is -2.37. The summed E-state index contributed by atoms with van der Waals surface area (Å²) in [4.78, 5) is 11.3. The molecule has 0 saturated carbocycles. The van der Waals surface area contributed by atoms with Crippen molar-refractivity contribution < 1.29 is 14.1 Å². The summed E-state index contributed by atoms with van der Waals surface area (Å²) in [6.07, 6.45) is 0.573. The zero-order chi connectivity index (χ0) is 14.2. The van der Waals surface area contributed by atoms with Gasteiger partial charge in [0.1, 0.15) is 0 Å². The van der Waals surface area contributed by atoms with Gasteiger partial charge < -0.3 is 4.74 Å². The van der Waals surface area contributed by atoms with Crippen LogP contribution in [0.2, 0.25) is 0 Å². The van der Waals surface area contributed by atoms with Crippen LogP contribution in [0.1, 0.15) is 34.1 Å². The summed E-state index contributed by atoms with van der Waals surface area (Å²) in [7, 11) is -1.28. The van der Waals surface area contributed by atoms with Gasteiger partial charge >= 0.3 is 5.97 Å². The summed E-state index contributed by atoms with van der Waals surface area (Å²) in [6, 6.07) is 0. The largest absolute Gasteiger partial charge is 0.469 e. The Morgan fingerprint density at radius 2 is 1.39 bits per heavy atom. The van der Waals surface area contributed by atoms with Gasteiger partial charge in [-0.25, -0.2) is 9.34 Å². The third kappa shape index (κ3) is 4.38. The minimum absolute atomic E-state index is 0.209. The maximum Gasteiger partial charge on any atom is 0.306 e. The maximum atomic E-state index is 13.2. The van der Waals surface area contributed by atoms with Crippen LogP contribution in [-0.2, 0) is 14.1 Å². The Kier molecular flexibility index (Phi) is 8.49. The predicted molar refractivity (Wildman–Crippen MR) is 74.9 cm³/mol.